The number of carbonyl (C=O) groups is 7. The topological polar surface area (TPSA) is 496 Å². The summed E-state index contributed by atoms with van der Waals surface area (Å²) in [6.45, 7) is 10.6. The molecule has 2 aliphatic heterocycles. The van der Waals surface area contributed by atoms with Gasteiger partial charge in [-0.25, -0.2) is 14.4 Å². The van der Waals surface area contributed by atoms with Crippen molar-refractivity contribution in [2.45, 2.75) is 595 Å². The van der Waals surface area contributed by atoms with Crippen molar-refractivity contribution >= 4 is 47.5 Å². The number of nitrogens with two attached hydrogens (primary N) is 2. The first-order valence-corrected chi connectivity index (χ1v) is 60.4. The van der Waals surface area contributed by atoms with E-state index in [-0.39, 0.29) is 75.6 Å². The lowest BCUT2D eigenvalue weighted by molar-refractivity contribution is -0.303. The zero-order valence-electron chi connectivity index (χ0n) is 94.0. The van der Waals surface area contributed by atoms with Gasteiger partial charge in [0, 0.05) is 50.3 Å². The highest BCUT2D eigenvalue weighted by Crippen LogP contribution is 2.52. The van der Waals surface area contributed by atoms with Gasteiger partial charge in [0.1, 0.15) is 79.9 Å². The molecule has 0 spiro atoms. The van der Waals surface area contributed by atoms with Crippen molar-refractivity contribution in [2.24, 2.45) is 41.1 Å². The first-order chi connectivity index (χ1) is 72.7. The normalized spacial score (nSPS) is 21.6. The number of ketones is 1. The third-order valence-electron chi connectivity index (χ3n) is 30.7. The van der Waals surface area contributed by atoms with E-state index in [9.17, 15) is 84.6 Å². The highest BCUT2D eigenvalue weighted by molar-refractivity contribution is 5.97. The van der Waals surface area contributed by atoms with Crippen LogP contribution in [0.25, 0.3) is 0 Å². The Bertz CT molecular complexity index is 3580. The van der Waals surface area contributed by atoms with Gasteiger partial charge in [-0.3, -0.25) is 19.2 Å². The van der Waals surface area contributed by atoms with Crippen molar-refractivity contribution in [3.63, 3.8) is 0 Å². The Morgan fingerprint density at radius 3 is 1.13 bits per heavy atom. The van der Waals surface area contributed by atoms with Gasteiger partial charge in [0.15, 0.2) is 18.4 Å². The minimum absolute atomic E-state index is 0.148. The molecule has 3 fully saturated rings. The maximum Gasteiger partial charge on any atom is 0.407 e. The van der Waals surface area contributed by atoms with Gasteiger partial charge in [-0.15, -0.1) is 11.8 Å². The second kappa shape index (κ2) is 88.1. The van der Waals surface area contributed by atoms with Crippen LogP contribution >= 0.6 is 0 Å². The van der Waals surface area contributed by atoms with E-state index in [1.807, 2.05) is 0 Å². The lowest BCUT2D eigenvalue weighted by atomic mass is 9.89. The van der Waals surface area contributed by atoms with Gasteiger partial charge in [0.05, 0.1) is 51.2 Å². The third kappa shape index (κ3) is 62.9. The average molecular weight is 2130 g/mol. The number of amides is 5. The molecule has 31 heteroatoms. The predicted molar refractivity (Wildman–Crippen MR) is 590 cm³/mol. The second-order valence-electron chi connectivity index (χ2n) is 44.1. The Labute approximate surface area is 904 Å². The zero-order chi connectivity index (χ0) is 109. The molecule has 1 aromatic carbocycles. The van der Waals surface area contributed by atoms with Gasteiger partial charge in [-0.05, 0) is 106 Å². The summed E-state index contributed by atoms with van der Waals surface area (Å²) in [4.78, 5) is 92.8. The number of aliphatic hydroxyl groups is 10. The number of esters is 2. The van der Waals surface area contributed by atoms with Crippen molar-refractivity contribution in [1.29, 1.82) is 0 Å². The van der Waals surface area contributed by atoms with Crippen molar-refractivity contribution in [1.82, 2.24) is 16.0 Å². The van der Waals surface area contributed by atoms with E-state index in [1.165, 1.54) is 270 Å². The molecule has 1 aromatic rings. The first-order valence-electron chi connectivity index (χ1n) is 60.4. The number of carbonyl (C=O) groups excluding carboxylic acids is 7. The molecule has 0 radical (unpaired) electrons. The number of hydrogen-bond donors (Lipinski definition) is 16. The summed E-state index contributed by atoms with van der Waals surface area (Å²) in [5.41, 5.74) is 12.5. The van der Waals surface area contributed by atoms with Gasteiger partial charge in [-0.2, -0.15) is 0 Å². The molecule has 870 valence electrons. The molecule has 31 nitrogen and oxygen atoms in total. The van der Waals surface area contributed by atoms with Crippen LogP contribution in [0.3, 0.4) is 0 Å². The minimum Gasteiger partial charge on any atom is -0.460 e. The number of anilines is 1. The number of aliphatic hydroxyl groups excluding tert-OH is 10. The van der Waals surface area contributed by atoms with Crippen molar-refractivity contribution in [3.8, 4) is 11.8 Å². The van der Waals surface area contributed by atoms with E-state index in [2.05, 4.69) is 60.8 Å². The number of Topliss-reactive ketones (excluding diaryl/α,β-unsaturated/α-hetero) is 1. The van der Waals surface area contributed by atoms with E-state index >= 15 is 0 Å². The molecule has 0 aromatic heterocycles. The molecule has 1 saturated carbocycles. The Kier molecular flexibility index (Phi) is 80.1. The van der Waals surface area contributed by atoms with E-state index in [1.54, 1.807) is 38.1 Å². The van der Waals surface area contributed by atoms with Crippen LogP contribution in [0.5, 0.6) is 0 Å². The summed E-state index contributed by atoms with van der Waals surface area (Å²) in [7, 11) is 0. The number of alkyl carbamates (subject to hydrolysis) is 2. The standard InChI is InChI=1S/C75H127N5O16.C44H87NO9/c1-5-7-9-11-13-15-17-19-20-21-22-23-25-27-29-31-37-43-65(83)95-63(42-36-30-28-26-24-18-16-14-12-10-8-6-2)67(84)61(53-92-72-70(87)69(86)68(85)64(50-81)96-72)79-74(90)93-51-55-44-46-57(47-45-55)78-71(88)56(39-38-48-77-73(76)89)49-62(82)66(54(3)4)80-75(91)94-52-60-58-40-34-32-33-35-41-59(58)60;1-3-5-7-9-11-13-15-17-18-19-20-21-23-25-27-29-31-33-39(47)53-37(32-30-28-26-24-22-16-14-12-10-8-6-4-2)40(48)36(45)35-52-44-43(51)42(50)41(49)38(34-46)54-44/h44-47,54,56,58-61,63-64,66-70,72,81,84-87H,5-31,34-43,48-53H2,1-4H3,(H,78,88)(H,79,90)(H,80,91)(H3,76,77,89);36-38,40-44,46,48-51H,3-35,45H2,1-2H3/t56-,58-,59+,60?,61+,63-,64?,66+,67+,68+,69+,70?,72+;36-,37+,38?,40-,41-,42-,43?,44-/m10/s1. The molecule has 5 rings (SSSR count). The number of rotatable bonds is 92. The van der Waals surface area contributed by atoms with Crippen molar-refractivity contribution in [2.75, 3.05) is 44.9 Å². The number of hydrogen-bond acceptors (Lipinski definition) is 26. The first kappa shape index (κ1) is 136. The molecule has 5 amide bonds. The molecule has 2 heterocycles. The number of primary amides is 1. The van der Waals surface area contributed by atoms with Gasteiger partial charge in [0.25, 0.3) is 0 Å². The fourth-order valence-electron chi connectivity index (χ4n) is 20.9. The van der Waals surface area contributed by atoms with Crippen LogP contribution in [0.4, 0.5) is 20.1 Å². The highest BCUT2D eigenvalue weighted by Gasteiger charge is 2.50. The number of ether oxygens (including phenoxy) is 8. The molecule has 2 aliphatic carbocycles. The van der Waals surface area contributed by atoms with Crippen LogP contribution in [-0.4, -0.2) is 236 Å². The lowest BCUT2D eigenvalue weighted by Gasteiger charge is -2.40. The van der Waals surface area contributed by atoms with Gasteiger partial charge < -0.3 is 122 Å². The summed E-state index contributed by atoms with van der Waals surface area (Å²) < 4.78 is 45.7. The van der Waals surface area contributed by atoms with Crippen LogP contribution in [0.2, 0.25) is 0 Å². The van der Waals surface area contributed by atoms with Crippen LogP contribution < -0.4 is 32.7 Å². The Morgan fingerprint density at radius 1 is 0.420 bits per heavy atom. The Morgan fingerprint density at radius 2 is 0.767 bits per heavy atom. The minimum atomic E-state index is -1.78. The van der Waals surface area contributed by atoms with E-state index < -0.39 is 160 Å². The summed E-state index contributed by atoms with van der Waals surface area (Å²) in [5, 5.41) is 116. The quantitative estimate of drug-likeness (QED) is 0.0125. The summed E-state index contributed by atoms with van der Waals surface area (Å²) in [6.07, 6.45) is 53.6. The molecule has 4 aliphatic rings. The number of fused-ring (bicyclic) bond motifs is 1. The van der Waals surface area contributed by atoms with Gasteiger partial charge in [0.2, 0.25) is 5.91 Å². The molecule has 0 bridgehead atoms. The molecular formula is C119H214N6O25. The number of nitrogens with one attached hydrogen (secondary N) is 4. The number of benzene rings is 1. The maximum absolute atomic E-state index is 14.0. The van der Waals surface area contributed by atoms with Crippen molar-refractivity contribution in [3.05, 3.63) is 29.8 Å². The van der Waals surface area contributed by atoms with Crippen LogP contribution in [-0.2, 0) is 63.7 Å². The largest absolute Gasteiger partial charge is 0.460 e. The SMILES string of the molecule is CCCCCCCCCCCCCCCCCCCC(=O)O[C@H](CCCCCCCCCCCCCC)[C@@H](O)[C@@H](N)CO[C@H]1OC(CO)[C@H](O)[C@H](O)C1O.CCCCCCCCCCCCCCCCCCCC(=O)O[C@H](CCCCCCCCCCCCCC)[C@@H](O)[C@H](CO[C@H]1OC(CO)[C@H](O)[C@H](O)C1O)NC(=O)OCc1ccc(NC(=O)[C@H](CCCNC(N)=O)CC(=O)[C@@H](NC(=O)OCC2[C@H]3CCC#CCC[C@@H]23)C(C)C)cc1. The van der Waals surface area contributed by atoms with E-state index in [0.717, 1.165) is 116 Å². The number of unbranched alkanes of at least 4 members (excludes halogenated alkanes) is 54. The van der Waals surface area contributed by atoms with Gasteiger partial charge >= 0.3 is 30.2 Å². The van der Waals surface area contributed by atoms with E-state index in [0.29, 0.717) is 55.2 Å². The van der Waals surface area contributed by atoms with E-state index in [4.69, 9.17) is 49.4 Å². The zero-order valence-corrected chi connectivity index (χ0v) is 94.0. The van der Waals surface area contributed by atoms with Crippen LogP contribution in [0, 0.1) is 41.4 Å². The smallest absolute Gasteiger partial charge is 0.407 e. The van der Waals surface area contributed by atoms with Crippen molar-refractivity contribution < 1.29 is 123 Å². The molecule has 150 heavy (non-hydrogen) atoms. The summed E-state index contributed by atoms with van der Waals surface area (Å²) in [6, 6.07) is 2.47. The summed E-state index contributed by atoms with van der Waals surface area (Å²) in [5.74, 6) is 4.76. The Balaban J connectivity index is 0.000000733. The molecule has 21 atom stereocenters. The monoisotopic (exact) mass is 2130 g/mol. The fourth-order valence-corrected chi connectivity index (χ4v) is 20.9. The average Bonchev–Trinajstić information content (AvgIpc) is 1.62. The fraction of sp³-hybridized carbons (Fsp3) is 0.874. The molecule has 18 N–H and O–H groups in total. The molecule has 2 saturated heterocycles. The maximum atomic E-state index is 14.0. The lowest BCUT2D eigenvalue weighted by Crippen LogP contribution is -2.60. The van der Waals surface area contributed by atoms with Crippen LogP contribution in [0.15, 0.2) is 24.3 Å². The number of urea groups is 1. The predicted octanol–water partition coefficient (Wildman–Crippen LogP) is 21.2. The third-order valence-corrected chi connectivity index (χ3v) is 30.7. The van der Waals surface area contributed by atoms with Gasteiger partial charge in [-0.1, -0.05) is 400 Å². The Hall–Kier alpha value is -5.93. The summed E-state index contributed by atoms with van der Waals surface area (Å²) >= 11 is 0. The van der Waals surface area contributed by atoms with Crippen LogP contribution in [0.1, 0.15) is 490 Å². The molecular weight excluding hydrogens is 1910 g/mol. The molecule has 5 unspecified atom stereocenters. The highest BCUT2D eigenvalue weighted by atomic mass is 16.7. The second-order valence-corrected chi connectivity index (χ2v) is 44.1.